The summed E-state index contributed by atoms with van der Waals surface area (Å²) >= 11 is 0. The van der Waals surface area contributed by atoms with Crippen LogP contribution < -0.4 is 18.9 Å². The Kier molecular flexibility index (Phi) is 4.39. The molecule has 0 saturated heterocycles. The summed E-state index contributed by atoms with van der Waals surface area (Å²) in [5.74, 6) is 2.45. The van der Waals surface area contributed by atoms with Gasteiger partial charge in [0.15, 0.2) is 11.5 Å². The van der Waals surface area contributed by atoms with Crippen LogP contribution in [0.3, 0.4) is 0 Å². The number of carbonyl (C=O) groups excluding carboxylic acids is 1. The lowest BCUT2D eigenvalue weighted by molar-refractivity contribution is -0.139. The first-order valence-electron chi connectivity index (χ1n) is 8.75. The molecule has 6 nitrogen and oxygen atoms in total. The van der Waals surface area contributed by atoms with E-state index in [1.165, 1.54) is 0 Å². The van der Waals surface area contributed by atoms with Crippen LogP contribution in [0.25, 0.3) is 0 Å². The van der Waals surface area contributed by atoms with Gasteiger partial charge in [-0.25, -0.2) is 4.79 Å². The molecule has 0 saturated carbocycles. The van der Waals surface area contributed by atoms with Crippen molar-refractivity contribution in [3.8, 4) is 23.0 Å². The number of allylic oxidation sites excluding steroid dienone is 1. The minimum Gasteiger partial charge on any atom is -0.497 e. The van der Waals surface area contributed by atoms with Crippen LogP contribution in [0.4, 0.5) is 0 Å². The van der Waals surface area contributed by atoms with Gasteiger partial charge in [0.25, 0.3) is 0 Å². The van der Waals surface area contributed by atoms with Gasteiger partial charge in [0.2, 0.25) is 6.79 Å². The Balaban J connectivity index is 1.87. The van der Waals surface area contributed by atoms with Crippen LogP contribution in [0.1, 0.15) is 30.9 Å². The van der Waals surface area contributed by atoms with Gasteiger partial charge in [-0.3, -0.25) is 0 Å². The molecule has 6 heteroatoms. The van der Waals surface area contributed by atoms with Gasteiger partial charge in [-0.05, 0) is 37.6 Å². The number of esters is 1. The van der Waals surface area contributed by atoms with E-state index in [4.69, 9.17) is 23.7 Å². The molecule has 2 aromatic rings. The predicted molar refractivity (Wildman–Crippen MR) is 97.4 cm³/mol. The van der Waals surface area contributed by atoms with Gasteiger partial charge in [-0.15, -0.1) is 0 Å². The van der Waals surface area contributed by atoms with Gasteiger partial charge in [-0.1, -0.05) is 12.1 Å². The quantitative estimate of drug-likeness (QED) is 0.765. The first-order valence-corrected chi connectivity index (χ1v) is 8.75. The highest BCUT2D eigenvalue weighted by atomic mass is 16.7. The van der Waals surface area contributed by atoms with E-state index in [9.17, 15) is 4.79 Å². The SMILES string of the molecule is CCOC(=O)C1=C(C)Oc2cc3c(cc2[C@@H]1c1ccc(OC)cc1)OCO3. The molecular formula is C21H20O6. The average molecular weight is 368 g/mol. The second kappa shape index (κ2) is 6.87. The monoisotopic (exact) mass is 368 g/mol. The maximum Gasteiger partial charge on any atom is 0.338 e. The van der Waals surface area contributed by atoms with Crippen LogP contribution in [0.2, 0.25) is 0 Å². The van der Waals surface area contributed by atoms with Crippen molar-refractivity contribution in [2.75, 3.05) is 20.5 Å². The molecule has 2 aromatic carbocycles. The highest BCUT2D eigenvalue weighted by Gasteiger charge is 2.36. The minimum absolute atomic E-state index is 0.169. The zero-order valence-electron chi connectivity index (χ0n) is 15.4. The van der Waals surface area contributed by atoms with E-state index in [1.807, 2.05) is 30.3 Å². The maximum atomic E-state index is 12.7. The zero-order chi connectivity index (χ0) is 19.0. The van der Waals surface area contributed by atoms with Crippen LogP contribution in [0, 0.1) is 0 Å². The third kappa shape index (κ3) is 2.97. The summed E-state index contributed by atoms with van der Waals surface area (Å²) in [6.07, 6.45) is 0. The fourth-order valence-corrected chi connectivity index (χ4v) is 3.44. The molecule has 1 atom stereocenters. The van der Waals surface area contributed by atoms with E-state index in [0.29, 0.717) is 35.2 Å². The molecule has 0 radical (unpaired) electrons. The fourth-order valence-electron chi connectivity index (χ4n) is 3.44. The predicted octanol–water partition coefficient (Wildman–Crippen LogP) is 3.79. The summed E-state index contributed by atoms with van der Waals surface area (Å²) < 4.78 is 27.5. The van der Waals surface area contributed by atoms with Crippen LogP contribution in [-0.4, -0.2) is 26.5 Å². The van der Waals surface area contributed by atoms with Crippen molar-refractivity contribution in [1.29, 1.82) is 0 Å². The number of fused-ring (bicyclic) bond motifs is 2. The van der Waals surface area contributed by atoms with Crippen molar-refractivity contribution in [3.63, 3.8) is 0 Å². The van der Waals surface area contributed by atoms with Crippen LogP contribution >= 0.6 is 0 Å². The standard InChI is InChI=1S/C21H20O6/c1-4-24-21(22)19-12(2)27-16-10-18-17(25-11-26-18)9-15(16)20(19)13-5-7-14(23-3)8-6-13/h5-10,20H,4,11H2,1-3H3/t20-/m0/s1. The van der Waals surface area contributed by atoms with Crippen molar-refractivity contribution in [1.82, 2.24) is 0 Å². The van der Waals surface area contributed by atoms with E-state index in [1.54, 1.807) is 27.0 Å². The minimum atomic E-state index is -0.390. The molecule has 0 spiro atoms. The Hall–Kier alpha value is -3.15. The molecular weight excluding hydrogens is 348 g/mol. The van der Waals surface area contributed by atoms with Crippen LogP contribution in [0.5, 0.6) is 23.0 Å². The summed E-state index contributed by atoms with van der Waals surface area (Å²) in [4.78, 5) is 12.7. The van der Waals surface area contributed by atoms with E-state index in [-0.39, 0.29) is 18.7 Å². The van der Waals surface area contributed by atoms with Gasteiger partial charge in [0.05, 0.1) is 19.3 Å². The van der Waals surface area contributed by atoms with Gasteiger partial charge >= 0.3 is 5.97 Å². The number of hydrogen-bond acceptors (Lipinski definition) is 6. The number of rotatable bonds is 4. The largest absolute Gasteiger partial charge is 0.497 e. The molecule has 0 bridgehead atoms. The molecule has 4 rings (SSSR count). The Morgan fingerprint density at radius 2 is 1.81 bits per heavy atom. The molecule has 0 aliphatic carbocycles. The number of benzene rings is 2. The van der Waals surface area contributed by atoms with Gasteiger partial charge in [-0.2, -0.15) is 0 Å². The Morgan fingerprint density at radius 3 is 2.48 bits per heavy atom. The second-order valence-corrected chi connectivity index (χ2v) is 6.24. The van der Waals surface area contributed by atoms with Crippen LogP contribution in [0.15, 0.2) is 47.7 Å². The normalized spacial score (nSPS) is 17.2. The van der Waals surface area contributed by atoms with Gasteiger partial charge < -0.3 is 23.7 Å². The number of carbonyl (C=O) groups is 1. The van der Waals surface area contributed by atoms with Crippen molar-refractivity contribution in [2.24, 2.45) is 0 Å². The lowest BCUT2D eigenvalue weighted by atomic mass is 9.82. The van der Waals surface area contributed by atoms with E-state index in [0.717, 1.165) is 16.9 Å². The molecule has 2 aliphatic rings. The second-order valence-electron chi connectivity index (χ2n) is 6.24. The molecule has 0 aromatic heterocycles. The van der Waals surface area contributed by atoms with Crippen molar-refractivity contribution in [3.05, 3.63) is 58.9 Å². The zero-order valence-corrected chi connectivity index (χ0v) is 15.4. The first-order chi connectivity index (χ1) is 13.1. The fraction of sp³-hybridized carbons (Fsp3) is 0.286. The molecule has 27 heavy (non-hydrogen) atoms. The number of hydrogen-bond donors (Lipinski definition) is 0. The van der Waals surface area contributed by atoms with Crippen molar-refractivity contribution >= 4 is 5.97 Å². The molecule has 2 aliphatic heterocycles. The third-order valence-electron chi connectivity index (χ3n) is 4.69. The Morgan fingerprint density at radius 1 is 1.11 bits per heavy atom. The summed E-state index contributed by atoms with van der Waals surface area (Å²) in [6.45, 7) is 4.02. The highest BCUT2D eigenvalue weighted by molar-refractivity contribution is 5.93. The molecule has 0 N–H and O–H groups in total. The third-order valence-corrected chi connectivity index (χ3v) is 4.69. The smallest absolute Gasteiger partial charge is 0.338 e. The Labute approximate surface area is 157 Å². The first kappa shape index (κ1) is 17.3. The molecule has 2 heterocycles. The van der Waals surface area contributed by atoms with Crippen molar-refractivity contribution in [2.45, 2.75) is 19.8 Å². The number of methoxy groups -OCH3 is 1. The van der Waals surface area contributed by atoms with Gasteiger partial charge in [0, 0.05) is 17.5 Å². The molecule has 0 fully saturated rings. The topological polar surface area (TPSA) is 63.2 Å². The van der Waals surface area contributed by atoms with Gasteiger partial charge in [0.1, 0.15) is 17.3 Å². The lowest BCUT2D eigenvalue weighted by Crippen LogP contribution is -2.23. The van der Waals surface area contributed by atoms with E-state index in [2.05, 4.69) is 0 Å². The maximum absolute atomic E-state index is 12.7. The Bertz CT molecular complexity index is 913. The molecule has 0 unspecified atom stereocenters. The number of ether oxygens (including phenoxy) is 5. The van der Waals surface area contributed by atoms with Crippen molar-refractivity contribution < 1.29 is 28.5 Å². The summed E-state index contributed by atoms with van der Waals surface area (Å²) in [5, 5.41) is 0. The van der Waals surface area contributed by atoms with E-state index >= 15 is 0 Å². The molecule has 140 valence electrons. The summed E-state index contributed by atoms with van der Waals surface area (Å²) in [6, 6.07) is 11.3. The van der Waals surface area contributed by atoms with E-state index < -0.39 is 0 Å². The summed E-state index contributed by atoms with van der Waals surface area (Å²) in [7, 11) is 1.62. The van der Waals surface area contributed by atoms with Crippen LogP contribution in [-0.2, 0) is 9.53 Å². The lowest BCUT2D eigenvalue weighted by Gasteiger charge is -2.29. The average Bonchev–Trinajstić information content (AvgIpc) is 3.13. The highest BCUT2D eigenvalue weighted by Crippen LogP contribution is 2.49. The summed E-state index contributed by atoms with van der Waals surface area (Å²) in [5.41, 5.74) is 2.24. The molecule has 0 amide bonds.